The van der Waals surface area contributed by atoms with E-state index >= 15 is 0 Å². The van der Waals surface area contributed by atoms with E-state index in [1.54, 1.807) is 19.2 Å². The number of pyridine rings is 1. The van der Waals surface area contributed by atoms with Crippen molar-refractivity contribution in [3.63, 3.8) is 0 Å². The second-order valence-corrected chi connectivity index (χ2v) is 9.22. The van der Waals surface area contributed by atoms with Crippen LogP contribution in [-0.2, 0) is 23.7 Å². The molecule has 0 radical (unpaired) electrons. The number of aromatic nitrogens is 3. The van der Waals surface area contributed by atoms with Crippen LogP contribution >= 0.6 is 0 Å². The van der Waals surface area contributed by atoms with Crippen LogP contribution in [0.2, 0.25) is 0 Å². The van der Waals surface area contributed by atoms with Crippen LogP contribution in [0.1, 0.15) is 60.5 Å². The van der Waals surface area contributed by atoms with Gasteiger partial charge in [-0.2, -0.15) is 5.10 Å². The third kappa shape index (κ3) is 3.29. The first kappa shape index (κ1) is 20.7. The monoisotopic (exact) mass is 431 g/mol. The Hall–Kier alpha value is -3.15. The highest BCUT2D eigenvalue weighted by Gasteiger charge is 2.40. The summed E-state index contributed by atoms with van der Waals surface area (Å²) < 4.78 is 9.22. The van der Waals surface area contributed by atoms with E-state index in [-0.39, 0.29) is 23.1 Å². The van der Waals surface area contributed by atoms with Crippen molar-refractivity contribution in [1.82, 2.24) is 14.3 Å². The first-order valence-electron chi connectivity index (χ1n) is 11.5. The van der Waals surface area contributed by atoms with Gasteiger partial charge in [0, 0.05) is 42.2 Å². The van der Waals surface area contributed by atoms with E-state index in [2.05, 4.69) is 28.7 Å². The average Bonchev–Trinajstić information content (AvgIpc) is 3.20. The molecule has 0 unspecified atom stereocenters. The highest BCUT2D eigenvalue weighted by atomic mass is 16.5. The number of hydrogen-bond acceptors (Lipinski definition) is 4. The normalized spacial score (nSPS) is 16.5. The van der Waals surface area contributed by atoms with Gasteiger partial charge in [-0.3, -0.25) is 9.48 Å². The van der Waals surface area contributed by atoms with Crippen molar-refractivity contribution < 1.29 is 9.53 Å². The minimum Gasteiger partial charge on any atom is -0.462 e. The molecular formula is C26H29N3O3. The summed E-state index contributed by atoms with van der Waals surface area (Å²) in [5, 5.41) is 4.35. The van der Waals surface area contributed by atoms with Gasteiger partial charge in [0.25, 0.3) is 0 Å². The second kappa shape index (κ2) is 7.76. The molecule has 2 aromatic heterocycles. The second-order valence-electron chi connectivity index (χ2n) is 9.22. The van der Waals surface area contributed by atoms with Crippen LogP contribution < -0.4 is 5.43 Å². The zero-order valence-corrected chi connectivity index (χ0v) is 19.0. The lowest BCUT2D eigenvalue weighted by atomic mass is 9.73. The molecule has 6 heteroatoms. The third-order valence-corrected chi connectivity index (χ3v) is 7.10. The Labute approximate surface area is 187 Å². The maximum Gasteiger partial charge on any atom is 0.343 e. The lowest BCUT2D eigenvalue weighted by Crippen LogP contribution is -2.42. The summed E-state index contributed by atoms with van der Waals surface area (Å²) in [6, 6.07) is 6.11. The van der Waals surface area contributed by atoms with E-state index in [9.17, 15) is 9.59 Å². The number of nitrogens with zero attached hydrogens (tertiary/aromatic N) is 3. The van der Waals surface area contributed by atoms with E-state index in [4.69, 9.17) is 4.74 Å². The molecule has 3 aromatic rings. The fraction of sp³-hybridized carbons (Fsp3) is 0.423. The SMILES string of the molecule is CCOC(=O)c1cn2c(cc1=O)-c1cc(C)c(-c3cnn(C)c3)cc1CC21CCCCC1. The molecule has 32 heavy (non-hydrogen) atoms. The fourth-order valence-electron chi connectivity index (χ4n) is 5.57. The summed E-state index contributed by atoms with van der Waals surface area (Å²) in [6.07, 6.45) is 12.2. The molecule has 0 atom stereocenters. The van der Waals surface area contributed by atoms with Gasteiger partial charge in [-0.25, -0.2) is 4.79 Å². The Bertz CT molecular complexity index is 1260. The number of carbonyl (C=O) groups excluding carboxylic acids is 1. The first-order chi connectivity index (χ1) is 15.4. The van der Waals surface area contributed by atoms with Crippen molar-refractivity contribution in [3.05, 3.63) is 63.7 Å². The molecule has 1 saturated carbocycles. The van der Waals surface area contributed by atoms with Crippen molar-refractivity contribution in [2.24, 2.45) is 7.05 Å². The molecule has 0 saturated heterocycles. The van der Waals surface area contributed by atoms with Crippen molar-refractivity contribution in [2.75, 3.05) is 6.61 Å². The molecule has 166 valence electrons. The number of fused-ring (bicyclic) bond motifs is 4. The maximum atomic E-state index is 12.9. The highest BCUT2D eigenvalue weighted by molar-refractivity contribution is 5.89. The number of rotatable bonds is 3. The zero-order chi connectivity index (χ0) is 22.5. The van der Waals surface area contributed by atoms with Crippen LogP contribution in [0.5, 0.6) is 0 Å². The quantitative estimate of drug-likeness (QED) is 0.568. The summed E-state index contributed by atoms with van der Waals surface area (Å²) >= 11 is 0. The molecule has 0 bridgehead atoms. The van der Waals surface area contributed by atoms with Gasteiger partial charge in [0.05, 0.1) is 18.5 Å². The summed E-state index contributed by atoms with van der Waals surface area (Å²) in [4.78, 5) is 25.4. The molecule has 1 fully saturated rings. The fourth-order valence-corrected chi connectivity index (χ4v) is 5.57. The molecule has 0 amide bonds. The number of ether oxygens (including phenoxy) is 1. The third-order valence-electron chi connectivity index (χ3n) is 7.10. The molecule has 5 rings (SSSR count). The van der Waals surface area contributed by atoms with Crippen LogP contribution in [0.4, 0.5) is 0 Å². The number of benzene rings is 1. The van der Waals surface area contributed by atoms with Gasteiger partial charge in [0.1, 0.15) is 5.56 Å². The van der Waals surface area contributed by atoms with Crippen molar-refractivity contribution in [1.29, 1.82) is 0 Å². The standard InChI is InChI=1S/C26H29N3O3/c1-4-32-25(31)22-16-29-23(12-24(22)30)21-10-17(2)20(19-14-27-28(3)15-19)11-18(21)13-26(29)8-6-5-7-9-26/h10-12,14-16H,4-9,13H2,1-3H3. The van der Waals surface area contributed by atoms with Crippen LogP contribution in [0, 0.1) is 6.92 Å². The van der Waals surface area contributed by atoms with Gasteiger partial charge in [-0.05, 0) is 55.9 Å². The molecule has 0 N–H and O–H groups in total. The van der Waals surface area contributed by atoms with Gasteiger partial charge in [0.2, 0.25) is 0 Å². The minimum absolute atomic E-state index is 0.114. The Kier molecular flexibility index (Phi) is 5.03. The van der Waals surface area contributed by atoms with E-state index in [1.165, 1.54) is 17.5 Å². The topological polar surface area (TPSA) is 66.1 Å². The highest BCUT2D eigenvalue weighted by Crippen LogP contribution is 2.46. The number of carbonyl (C=O) groups is 1. The Morgan fingerprint density at radius 1 is 1.12 bits per heavy atom. The zero-order valence-electron chi connectivity index (χ0n) is 19.0. The largest absolute Gasteiger partial charge is 0.462 e. The predicted molar refractivity (Wildman–Crippen MR) is 124 cm³/mol. The lowest BCUT2D eigenvalue weighted by molar-refractivity contribution is 0.0522. The van der Waals surface area contributed by atoms with Gasteiger partial charge in [-0.15, -0.1) is 0 Å². The van der Waals surface area contributed by atoms with Gasteiger partial charge in [-0.1, -0.05) is 25.3 Å². The van der Waals surface area contributed by atoms with Crippen molar-refractivity contribution >= 4 is 5.97 Å². The lowest BCUT2D eigenvalue weighted by Gasteiger charge is -2.45. The molecule has 1 aliphatic heterocycles. The Morgan fingerprint density at radius 2 is 1.91 bits per heavy atom. The minimum atomic E-state index is -0.535. The number of esters is 1. The van der Waals surface area contributed by atoms with E-state index in [0.29, 0.717) is 0 Å². The van der Waals surface area contributed by atoms with Gasteiger partial charge < -0.3 is 9.30 Å². The van der Waals surface area contributed by atoms with E-state index < -0.39 is 5.97 Å². The molecule has 1 aromatic carbocycles. The van der Waals surface area contributed by atoms with Gasteiger partial charge >= 0.3 is 5.97 Å². The molecular weight excluding hydrogens is 402 g/mol. The van der Waals surface area contributed by atoms with Gasteiger partial charge in [0.15, 0.2) is 5.43 Å². The number of hydrogen-bond donors (Lipinski definition) is 0. The van der Waals surface area contributed by atoms with Crippen LogP contribution in [0.15, 0.2) is 41.6 Å². The Balaban J connectivity index is 1.72. The summed E-state index contributed by atoms with van der Waals surface area (Å²) in [6.45, 7) is 4.11. The van der Waals surface area contributed by atoms with E-state index in [0.717, 1.165) is 54.5 Å². The van der Waals surface area contributed by atoms with Crippen LogP contribution in [0.3, 0.4) is 0 Å². The van der Waals surface area contributed by atoms with Crippen LogP contribution in [-0.4, -0.2) is 26.9 Å². The van der Waals surface area contributed by atoms with Crippen LogP contribution in [0.25, 0.3) is 22.4 Å². The summed E-state index contributed by atoms with van der Waals surface area (Å²) in [7, 11) is 1.93. The average molecular weight is 432 g/mol. The molecule has 6 nitrogen and oxygen atoms in total. The van der Waals surface area contributed by atoms with Crippen molar-refractivity contribution in [3.8, 4) is 22.4 Å². The molecule has 3 heterocycles. The summed E-state index contributed by atoms with van der Waals surface area (Å²) in [5.41, 5.74) is 6.43. The predicted octanol–water partition coefficient (Wildman–Crippen LogP) is 4.62. The molecule has 1 aliphatic carbocycles. The smallest absolute Gasteiger partial charge is 0.343 e. The first-order valence-corrected chi connectivity index (χ1v) is 11.5. The molecule has 1 spiro atoms. The number of aryl methyl sites for hydroxylation is 2. The summed E-state index contributed by atoms with van der Waals surface area (Å²) in [5.74, 6) is -0.535. The van der Waals surface area contributed by atoms with E-state index in [1.807, 2.05) is 24.1 Å². The molecule has 2 aliphatic rings. The maximum absolute atomic E-state index is 12.9. The Morgan fingerprint density at radius 3 is 2.59 bits per heavy atom. The van der Waals surface area contributed by atoms with Crippen molar-refractivity contribution in [2.45, 2.75) is 57.9 Å².